The summed E-state index contributed by atoms with van der Waals surface area (Å²) in [5.41, 5.74) is 4.74. The summed E-state index contributed by atoms with van der Waals surface area (Å²) in [6, 6.07) is 52.8. The molecule has 0 radical (unpaired) electrons. The third kappa shape index (κ3) is 24.4. The number of amides is 3. The van der Waals surface area contributed by atoms with Crippen LogP contribution >= 0.6 is 15.6 Å². The van der Waals surface area contributed by atoms with E-state index in [0.717, 1.165) is 33.4 Å². The molecule has 0 spiro atoms. The molecule has 2 unspecified atom stereocenters. The maximum atomic E-state index is 15.3. The molecule has 6 aromatic rings. The molecule has 9 rings (SSSR count). The zero-order valence-corrected chi connectivity index (χ0v) is 64.5. The van der Waals surface area contributed by atoms with Crippen molar-refractivity contribution in [3.8, 4) is 0 Å². The van der Waals surface area contributed by atoms with Crippen molar-refractivity contribution in [3.05, 3.63) is 215 Å². The molecule has 3 aliphatic carbocycles. The second-order valence-electron chi connectivity index (χ2n) is 28.9. The molecule has 17 atom stereocenters. The number of nitrogens with one attached hydrogen (secondary N) is 3. The summed E-state index contributed by atoms with van der Waals surface area (Å²) in [6.45, 7) is 17.4. The van der Waals surface area contributed by atoms with Gasteiger partial charge in [0.15, 0.2) is 8.32 Å². The second-order valence-corrected chi connectivity index (χ2v) is 36.3. The summed E-state index contributed by atoms with van der Waals surface area (Å²) < 4.78 is 109. The molecule has 0 heterocycles. The molecule has 0 aliphatic heterocycles. The summed E-state index contributed by atoms with van der Waals surface area (Å²) in [4.78, 5) is 77.9. The number of esters is 1. The molecular formula is C79H105N3O20P2Si. The van der Waals surface area contributed by atoms with Gasteiger partial charge in [-0.3, -0.25) is 37.3 Å². The topological polar surface area (TPSA) is 290 Å². The van der Waals surface area contributed by atoms with E-state index in [-0.39, 0.29) is 76.5 Å². The molecule has 3 amide bonds. The standard InChI is InChI=1S/C79H105N3O20P2Si/c1-53(2)79(7,8)105(9,10)99-52-66-43-69(72(82-56(5)85)78(96-49-63-39-27-16-28-40-63)75(66)93-46-60-33-21-13-22-34-60)102-104(89,90)98-51-65-42-68(71(81-55(4)84)77(95-48-62-37-25-15-26-38-62)74(65)92-45-59-31-19-12-20-32-59)101-103(87,88)97-50-64-41-67(100-57(6)86)70(80-54(3)83)76(94-47-61-35-23-14-24-36-61)73(64)91-44-58-29-17-11-18-30-58/h11-40,53,64-78H,41-52H2,1-10H3,(H,80,83)(H,81,84)(H,82,85)(H,87,88)(H,89,90)/t64-,65-,66-,67+,68+,69+,70-,71-,72-,73-,74-,75-,76-,77-,78-/m1/s1. The Bertz CT molecular complexity index is 3760. The van der Waals surface area contributed by atoms with Crippen LogP contribution in [0.5, 0.6) is 0 Å². The Labute approximate surface area is 618 Å². The number of benzene rings is 6. The molecule has 570 valence electrons. The van der Waals surface area contributed by atoms with Crippen LogP contribution in [-0.2, 0) is 124 Å². The van der Waals surface area contributed by atoms with E-state index < -0.39 is 152 Å². The number of carbonyl (C=O) groups excluding carboxylic acids is 4. The average molecular weight is 1510 g/mol. The van der Waals surface area contributed by atoms with Gasteiger partial charge in [0.2, 0.25) is 17.7 Å². The van der Waals surface area contributed by atoms with Crippen LogP contribution in [0.25, 0.3) is 0 Å². The lowest BCUT2D eigenvalue weighted by atomic mass is 9.79. The van der Waals surface area contributed by atoms with Crippen LogP contribution in [0.2, 0.25) is 18.1 Å². The first-order chi connectivity index (χ1) is 50.1. The molecule has 3 fully saturated rings. The van der Waals surface area contributed by atoms with E-state index in [0.29, 0.717) is 0 Å². The molecule has 26 heteroatoms. The Morgan fingerprint density at radius 1 is 0.419 bits per heavy atom. The number of hydrogen-bond donors (Lipinski definition) is 5. The quantitative estimate of drug-likeness (QED) is 0.0138. The molecule has 6 aromatic carbocycles. The number of carbonyl (C=O) groups is 4. The van der Waals surface area contributed by atoms with Crippen molar-refractivity contribution in [2.24, 2.45) is 23.7 Å². The highest BCUT2D eigenvalue weighted by Crippen LogP contribution is 2.53. The fraction of sp³-hybridized carbons (Fsp3) is 0.494. The molecule has 0 bridgehead atoms. The van der Waals surface area contributed by atoms with Gasteiger partial charge < -0.3 is 63.3 Å². The summed E-state index contributed by atoms with van der Waals surface area (Å²) in [5.74, 6) is -4.37. The van der Waals surface area contributed by atoms with Gasteiger partial charge in [-0.2, -0.15) is 0 Å². The fourth-order valence-corrected chi connectivity index (χ4v) is 18.3. The molecule has 3 saturated carbocycles. The lowest BCUT2D eigenvalue weighted by molar-refractivity contribution is -0.187. The predicted octanol–water partition coefficient (Wildman–Crippen LogP) is 12.7. The monoisotopic (exact) mass is 1510 g/mol. The lowest BCUT2D eigenvalue weighted by Crippen LogP contribution is -2.63. The van der Waals surface area contributed by atoms with Crippen LogP contribution in [0.15, 0.2) is 182 Å². The van der Waals surface area contributed by atoms with Gasteiger partial charge >= 0.3 is 21.6 Å². The van der Waals surface area contributed by atoms with E-state index in [2.05, 4.69) is 56.7 Å². The van der Waals surface area contributed by atoms with Crippen molar-refractivity contribution in [3.63, 3.8) is 0 Å². The molecule has 23 nitrogen and oxygen atoms in total. The molecule has 5 N–H and O–H groups in total. The smallest absolute Gasteiger partial charge is 0.460 e. The van der Waals surface area contributed by atoms with Crippen LogP contribution in [0, 0.1) is 23.7 Å². The summed E-state index contributed by atoms with van der Waals surface area (Å²) in [5, 5.41) is 8.68. The molecule has 3 aliphatic rings. The Balaban J connectivity index is 1.06. The SMILES string of the molecule is CC(=O)N[C@H]1[C@@H](OCc2ccccc2)[C@H](OCc2ccccc2)[C@@H](COP(=O)(O)O[C@H]2C[C@H](COP(=O)(O)O[C@H]3C[C@H](CO[Si](C)(C)C(C)(C)C(C)C)[C@@H](OCc4ccccc4)[C@H](OCc4ccccc4)[C@@H]3NC(C)=O)[C@@H](OCc3ccccc3)[C@H](OCc3ccccc3)[C@@H]2NC(C)=O)C[C@@H]1OC(C)=O. The minimum absolute atomic E-state index is 0.0280. The van der Waals surface area contributed by atoms with E-state index in [1.165, 1.54) is 27.7 Å². The zero-order valence-electron chi connectivity index (χ0n) is 61.7. The van der Waals surface area contributed by atoms with Crippen LogP contribution in [-0.4, -0.2) is 135 Å². The lowest BCUT2D eigenvalue weighted by Gasteiger charge is -2.48. The zero-order chi connectivity index (χ0) is 75.3. The van der Waals surface area contributed by atoms with Crippen molar-refractivity contribution in [2.75, 3.05) is 19.8 Å². The highest BCUT2D eigenvalue weighted by molar-refractivity contribution is 7.47. The third-order valence-corrected chi connectivity index (χ3v) is 27.1. The first kappa shape index (κ1) is 82.4. The molecule has 0 saturated heterocycles. The fourth-order valence-electron chi connectivity index (χ4n) is 13.9. The average Bonchev–Trinajstić information content (AvgIpc) is 0.788. The molecule has 105 heavy (non-hydrogen) atoms. The first-order valence-corrected chi connectivity index (χ1v) is 41.9. The van der Waals surface area contributed by atoms with Crippen molar-refractivity contribution < 1.29 is 93.8 Å². The van der Waals surface area contributed by atoms with Crippen molar-refractivity contribution >= 4 is 47.7 Å². The van der Waals surface area contributed by atoms with Crippen molar-refractivity contribution in [2.45, 2.75) is 205 Å². The van der Waals surface area contributed by atoms with Gasteiger partial charge in [-0.15, -0.1) is 0 Å². The Hall–Kier alpha value is -6.64. The van der Waals surface area contributed by atoms with E-state index in [9.17, 15) is 29.0 Å². The minimum Gasteiger partial charge on any atom is -0.460 e. The Morgan fingerprint density at radius 3 is 0.924 bits per heavy atom. The van der Waals surface area contributed by atoms with Crippen LogP contribution in [0.1, 0.15) is 108 Å². The Kier molecular flexibility index (Phi) is 30.6. The van der Waals surface area contributed by atoms with Gasteiger partial charge in [0.05, 0.1) is 102 Å². The van der Waals surface area contributed by atoms with E-state index >= 15 is 9.13 Å². The second kappa shape index (κ2) is 38.9. The maximum Gasteiger partial charge on any atom is 0.472 e. The highest BCUT2D eigenvalue weighted by Gasteiger charge is 2.55. The molecule has 0 aromatic heterocycles. The predicted molar refractivity (Wildman–Crippen MR) is 396 cm³/mol. The summed E-state index contributed by atoms with van der Waals surface area (Å²) in [6.07, 6.45) is -10.3. The molecular weight excluding hydrogens is 1400 g/mol. The normalized spacial score (nSPS) is 26.2. The van der Waals surface area contributed by atoms with Gasteiger partial charge in [-0.05, 0) is 76.7 Å². The number of ether oxygens (including phenoxy) is 7. The Morgan fingerprint density at radius 2 is 0.667 bits per heavy atom. The largest absolute Gasteiger partial charge is 0.472 e. The minimum atomic E-state index is -5.34. The van der Waals surface area contributed by atoms with E-state index in [1.807, 2.05) is 182 Å². The van der Waals surface area contributed by atoms with Crippen LogP contribution in [0.4, 0.5) is 0 Å². The number of rotatable bonds is 37. The van der Waals surface area contributed by atoms with Crippen LogP contribution in [0.3, 0.4) is 0 Å². The highest BCUT2D eigenvalue weighted by atomic mass is 31.2. The maximum absolute atomic E-state index is 15.3. The van der Waals surface area contributed by atoms with Crippen LogP contribution < -0.4 is 16.0 Å². The van der Waals surface area contributed by atoms with E-state index in [1.54, 1.807) is 0 Å². The van der Waals surface area contributed by atoms with Crippen molar-refractivity contribution in [1.29, 1.82) is 0 Å². The number of hydrogen-bond acceptors (Lipinski definition) is 18. The van der Waals surface area contributed by atoms with Gasteiger partial charge in [0, 0.05) is 52.1 Å². The van der Waals surface area contributed by atoms with Gasteiger partial charge in [-0.1, -0.05) is 210 Å². The van der Waals surface area contributed by atoms with Gasteiger partial charge in [-0.25, -0.2) is 9.13 Å². The van der Waals surface area contributed by atoms with Crippen molar-refractivity contribution in [1.82, 2.24) is 16.0 Å². The first-order valence-electron chi connectivity index (χ1n) is 36.0. The summed E-state index contributed by atoms with van der Waals surface area (Å²) >= 11 is 0. The van der Waals surface area contributed by atoms with E-state index in [4.69, 9.17) is 55.7 Å². The van der Waals surface area contributed by atoms with Gasteiger partial charge in [0.25, 0.3) is 0 Å². The third-order valence-electron chi connectivity index (χ3n) is 20.5. The number of phosphoric acid groups is 2. The number of phosphoric ester groups is 2. The summed E-state index contributed by atoms with van der Waals surface area (Å²) in [7, 11) is -13.2. The van der Waals surface area contributed by atoms with Gasteiger partial charge in [0.1, 0.15) is 24.4 Å².